The van der Waals surface area contributed by atoms with Gasteiger partial charge in [0.1, 0.15) is 17.2 Å². The molecule has 0 radical (unpaired) electrons. The molecular formula is C20H21N5O3S2. The van der Waals surface area contributed by atoms with Crippen molar-refractivity contribution in [3.63, 3.8) is 0 Å². The number of sulfonamides is 1. The van der Waals surface area contributed by atoms with E-state index in [0.717, 1.165) is 11.3 Å². The Kier molecular flexibility index (Phi) is 6.11. The summed E-state index contributed by atoms with van der Waals surface area (Å²) < 4.78 is 25.0. The highest BCUT2D eigenvalue weighted by Crippen LogP contribution is 2.29. The number of aryl methyl sites for hydroxylation is 1. The van der Waals surface area contributed by atoms with E-state index in [-0.39, 0.29) is 16.3 Å². The first-order valence-corrected chi connectivity index (χ1v) is 11.6. The van der Waals surface area contributed by atoms with Gasteiger partial charge in [-0.3, -0.25) is 14.8 Å². The second-order valence-electron chi connectivity index (χ2n) is 6.49. The number of hydrogen-bond donors (Lipinski definition) is 3. The molecular weight excluding hydrogens is 422 g/mol. The summed E-state index contributed by atoms with van der Waals surface area (Å²) in [5.41, 5.74) is 1.98. The molecule has 3 aromatic rings. The molecule has 0 bridgehead atoms. The van der Waals surface area contributed by atoms with E-state index in [9.17, 15) is 13.2 Å². The van der Waals surface area contributed by atoms with Gasteiger partial charge in [0.2, 0.25) is 10.0 Å². The molecule has 0 saturated heterocycles. The van der Waals surface area contributed by atoms with Crippen LogP contribution in [0, 0.1) is 12.3 Å². The van der Waals surface area contributed by atoms with Crippen LogP contribution >= 0.6 is 11.8 Å². The molecule has 3 rings (SSSR count). The Bertz CT molecular complexity index is 1270. The maximum atomic E-state index is 12.8. The average Bonchev–Trinajstić information content (AvgIpc) is 2.72. The van der Waals surface area contributed by atoms with Gasteiger partial charge in [0.05, 0.1) is 9.92 Å². The fourth-order valence-corrected chi connectivity index (χ4v) is 4.24. The standard InChI is InChI=1S/C20H21N5O3S2/c1-12-4-8-14(9-5-12)25-18(13-6-10-15(11-7-13)30(22,27)28)24-19(26)16(17(21)23-2)20(25)29-3/h4-11H,1-3H3,(H2,21,23)(H2,22,27,28). The number of rotatable bonds is 5. The summed E-state index contributed by atoms with van der Waals surface area (Å²) in [6.07, 6.45) is 1.82. The molecule has 0 atom stereocenters. The van der Waals surface area contributed by atoms with E-state index in [0.29, 0.717) is 16.4 Å². The molecule has 0 saturated carbocycles. The average molecular weight is 444 g/mol. The number of benzene rings is 2. The minimum Gasteiger partial charge on any atom is -0.373 e. The van der Waals surface area contributed by atoms with E-state index in [1.807, 2.05) is 37.4 Å². The summed E-state index contributed by atoms with van der Waals surface area (Å²) in [4.78, 5) is 17.0. The van der Waals surface area contributed by atoms with Gasteiger partial charge in [-0.15, -0.1) is 11.8 Å². The summed E-state index contributed by atoms with van der Waals surface area (Å²) in [6, 6.07) is 13.5. The third-order valence-corrected chi connectivity index (χ3v) is 6.18. The Morgan fingerprint density at radius 3 is 2.23 bits per heavy atom. The van der Waals surface area contributed by atoms with E-state index < -0.39 is 15.6 Å². The predicted octanol–water partition coefficient (Wildman–Crippen LogP) is 2.12. The van der Waals surface area contributed by atoms with E-state index in [1.165, 1.54) is 23.9 Å². The second-order valence-corrected chi connectivity index (χ2v) is 8.85. The number of nitrogens with two attached hydrogens (primary N) is 1. The van der Waals surface area contributed by atoms with Gasteiger partial charge in [-0.1, -0.05) is 17.7 Å². The molecule has 0 aliphatic rings. The predicted molar refractivity (Wildman–Crippen MR) is 119 cm³/mol. The largest absolute Gasteiger partial charge is 0.373 e. The first-order chi connectivity index (χ1) is 14.2. The van der Waals surface area contributed by atoms with Crippen molar-refractivity contribution < 1.29 is 8.42 Å². The highest BCUT2D eigenvalue weighted by atomic mass is 32.2. The number of aromatic nitrogens is 2. The van der Waals surface area contributed by atoms with Gasteiger partial charge in [0.25, 0.3) is 5.56 Å². The number of amidine groups is 1. The molecule has 10 heteroatoms. The Morgan fingerprint density at radius 1 is 1.13 bits per heavy atom. The molecule has 0 fully saturated rings. The molecule has 2 aromatic carbocycles. The van der Waals surface area contributed by atoms with Gasteiger partial charge in [-0.05, 0) is 49.6 Å². The van der Waals surface area contributed by atoms with Gasteiger partial charge in [-0.25, -0.2) is 13.6 Å². The van der Waals surface area contributed by atoms with Crippen LogP contribution in [0.5, 0.6) is 0 Å². The van der Waals surface area contributed by atoms with Crippen molar-refractivity contribution in [2.75, 3.05) is 13.3 Å². The lowest BCUT2D eigenvalue weighted by atomic mass is 10.1. The van der Waals surface area contributed by atoms with Crippen LogP contribution in [0.4, 0.5) is 0 Å². The van der Waals surface area contributed by atoms with E-state index in [4.69, 9.17) is 10.5 Å². The number of thioether (sulfide) groups is 1. The van der Waals surface area contributed by atoms with Gasteiger partial charge < -0.3 is 5.32 Å². The Labute approximate surface area is 178 Å². The van der Waals surface area contributed by atoms with Crippen LogP contribution in [0.2, 0.25) is 0 Å². The van der Waals surface area contributed by atoms with Gasteiger partial charge in [0, 0.05) is 18.3 Å². The lowest BCUT2D eigenvalue weighted by Crippen LogP contribution is -2.31. The minimum atomic E-state index is -3.84. The zero-order valence-corrected chi connectivity index (χ0v) is 18.3. The van der Waals surface area contributed by atoms with Crippen LogP contribution < -0.4 is 16.0 Å². The molecule has 0 unspecified atom stereocenters. The van der Waals surface area contributed by atoms with Crippen LogP contribution in [0.15, 0.2) is 63.2 Å². The summed E-state index contributed by atoms with van der Waals surface area (Å²) in [6.45, 7) is 1.97. The summed E-state index contributed by atoms with van der Waals surface area (Å²) >= 11 is 1.32. The normalized spacial score (nSPS) is 11.3. The third kappa shape index (κ3) is 4.16. The zero-order chi connectivity index (χ0) is 22.1. The monoisotopic (exact) mass is 443 g/mol. The first kappa shape index (κ1) is 21.8. The van der Waals surface area contributed by atoms with Crippen LogP contribution in [-0.2, 0) is 10.0 Å². The quantitative estimate of drug-likeness (QED) is 0.240. The molecule has 0 aliphatic heterocycles. The number of nitrogens with one attached hydrogen (secondary N) is 2. The number of hydrogen-bond acceptors (Lipinski definition) is 6. The second kappa shape index (κ2) is 8.42. The Hall–Kier alpha value is -2.95. The van der Waals surface area contributed by atoms with E-state index in [1.54, 1.807) is 23.7 Å². The zero-order valence-electron chi connectivity index (χ0n) is 16.6. The molecule has 0 amide bonds. The SMILES string of the molecule is CNC(=N)c1c(SC)n(-c2ccc(C)cc2)c(-c2ccc(S(N)(=O)=O)cc2)nc1=O. The fourth-order valence-electron chi connectivity index (χ4n) is 2.95. The van der Waals surface area contributed by atoms with Crippen molar-refractivity contribution in [2.24, 2.45) is 5.14 Å². The maximum absolute atomic E-state index is 12.8. The van der Waals surface area contributed by atoms with Crippen molar-refractivity contribution in [3.8, 4) is 17.1 Å². The molecule has 4 N–H and O–H groups in total. The lowest BCUT2D eigenvalue weighted by Gasteiger charge is -2.20. The molecule has 1 heterocycles. The van der Waals surface area contributed by atoms with Crippen LogP contribution in [0.25, 0.3) is 17.1 Å². The van der Waals surface area contributed by atoms with Gasteiger partial charge in [-0.2, -0.15) is 4.98 Å². The third-order valence-electron chi connectivity index (χ3n) is 4.48. The molecule has 30 heavy (non-hydrogen) atoms. The Balaban J connectivity index is 2.37. The molecule has 0 spiro atoms. The maximum Gasteiger partial charge on any atom is 0.285 e. The van der Waals surface area contributed by atoms with Gasteiger partial charge in [0.15, 0.2) is 0 Å². The molecule has 156 valence electrons. The lowest BCUT2D eigenvalue weighted by molar-refractivity contribution is 0.598. The topological polar surface area (TPSA) is 131 Å². The summed E-state index contributed by atoms with van der Waals surface area (Å²) in [7, 11) is -2.27. The van der Waals surface area contributed by atoms with Crippen LogP contribution in [0.3, 0.4) is 0 Å². The molecule has 0 aliphatic carbocycles. The fraction of sp³-hybridized carbons (Fsp3) is 0.150. The van der Waals surface area contributed by atoms with Crippen LogP contribution in [0.1, 0.15) is 11.1 Å². The molecule has 8 nitrogen and oxygen atoms in total. The van der Waals surface area contributed by atoms with Crippen LogP contribution in [-0.4, -0.2) is 37.1 Å². The number of primary sulfonamides is 1. The van der Waals surface area contributed by atoms with Crippen molar-refractivity contribution in [2.45, 2.75) is 16.8 Å². The van der Waals surface area contributed by atoms with Crippen molar-refractivity contribution in [1.29, 1.82) is 5.41 Å². The highest BCUT2D eigenvalue weighted by molar-refractivity contribution is 7.98. The van der Waals surface area contributed by atoms with Crippen molar-refractivity contribution in [1.82, 2.24) is 14.9 Å². The number of nitrogens with zero attached hydrogens (tertiary/aromatic N) is 2. The van der Waals surface area contributed by atoms with Crippen molar-refractivity contribution >= 4 is 27.6 Å². The summed E-state index contributed by atoms with van der Waals surface area (Å²) in [5, 5.41) is 16.6. The smallest absolute Gasteiger partial charge is 0.285 e. The van der Waals surface area contributed by atoms with E-state index in [2.05, 4.69) is 10.3 Å². The minimum absolute atomic E-state index is 0.0332. The van der Waals surface area contributed by atoms with E-state index >= 15 is 0 Å². The molecule has 1 aromatic heterocycles. The first-order valence-electron chi connectivity index (χ1n) is 8.85. The van der Waals surface area contributed by atoms with Gasteiger partial charge >= 0.3 is 0 Å². The Morgan fingerprint density at radius 2 is 1.73 bits per heavy atom. The van der Waals surface area contributed by atoms with Crippen molar-refractivity contribution in [3.05, 3.63) is 70.0 Å². The summed E-state index contributed by atoms with van der Waals surface area (Å²) in [5.74, 6) is 0.302. The highest BCUT2D eigenvalue weighted by Gasteiger charge is 2.22.